The maximum Gasteiger partial charge on any atom is 0.328 e. The highest BCUT2D eigenvalue weighted by molar-refractivity contribution is 6.99. The molecule has 164 valence electrons. The molecule has 0 spiro atoms. The number of rotatable bonds is 8. The van der Waals surface area contributed by atoms with Crippen molar-refractivity contribution in [3.63, 3.8) is 0 Å². The molecule has 0 aliphatic carbocycles. The molecule has 1 aromatic rings. The maximum atomic E-state index is 10.4. The molecule has 0 aromatic carbocycles. The second-order valence-corrected chi connectivity index (χ2v) is 7.08. The Morgan fingerprint density at radius 2 is 1.93 bits per heavy atom. The summed E-state index contributed by atoms with van der Waals surface area (Å²) in [5.74, 6) is -2.43. The molecule has 1 aromatic heterocycles. The van der Waals surface area contributed by atoms with Crippen LogP contribution in [-0.4, -0.2) is 87.0 Å². The first kappa shape index (κ1) is 17.6. The SMILES string of the molecule is O=C(O)/C=C/C(=O)O.[2H]C([2H])(NC(C)(C)C)C([2H])(O)C([2H])([2H])Oc1nsnc1N1CCOCC1. The van der Waals surface area contributed by atoms with E-state index in [9.17, 15) is 14.7 Å². The molecule has 1 aliphatic heterocycles. The van der Waals surface area contributed by atoms with Gasteiger partial charge in [-0.05, 0) is 20.8 Å². The van der Waals surface area contributed by atoms with Crippen molar-refractivity contribution in [3.8, 4) is 5.88 Å². The lowest BCUT2D eigenvalue weighted by Gasteiger charge is -2.27. The van der Waals surface area contributed by atoms with E-state index in [1.54, 1.807) is 25.7 Å². The summed E-state index contributed by atoms with van der Waals surface area (Å²) >= 11 is 0.802. The largest absolute Gasteiger partial charge is 0.478 e. The molecule has 12 heteroatoms. The number of nitrogens with one attached hydrogen (secondary N) is 1. The fourth-order valence-corrected chi connectivity index (χ4v) is 2.22. The molecule has 1 atom stereocenters. The number of nitrogens with zero attached hydrogens (tertiary/aromatic N) is 3. The Morgan fingerprint density at radius 1 is 1.34 bits per heavy atom. The quantitative estimate of drug-likeness (QED) is 0.413. The summed E-state index contributed by atoms with van der Waals surface area (Å²) < 4.78 is 58.3. The highest BCUT2D eigenvalue weighted by Crippen LogP contribution is 2.26. The van der Waals surface area contributed by atoms with Crippen molar-refractivity contribution in [2.45, 2.75) is 32.4 Å². The lowest BCUT2D eigenvalue weighted by molar-refractivity contribution is -0.134. The Kier molecular flexibility index (Phi) is 7.46. The van der Waals surface area contributed by atoms with Crippen LogP contribution in [0.1, 0.15) is 27.6 Å². The molecular formula is C17H28N4O7S. The average Bonchev–Trinajstić information content (AvgIpc) is 3.13. The fourth-order valence-electron chi connectivity index (χ4n) is 1.72. The summed E-state index contributed by atoms with van der Waals surface area (Å²) in [5.41, 5.74) is -0.810. The van der Waals surface area contributed by atoms with Gasteiger partial charge in [-0.3, -0.25) is 0 Å². The van der Waals surface area contributed by atoms with Crippen LogP contribution in [0.4, 0.5) is 5.82 Å². The Balaban J connectivity index is 0.000000620. The van der Waals surface area contributed by atoms with Crippen molar-refractivity contribution in [2.24, 2.45) is 0 Å². The molecule has 29 heavy (non-hydrogen) atoms. The van der Waals surface area contributed by atoms with Crippen molar-refractivity contribution in [1.29, 1.82) is 0 Å². The number of aromatic nitrogens is 2. The van der Waals surface area contributed by atoms with Crippen LogP contribution < -0.4 is 15.0 Å². The van der Waals surface area contributed by atoms with Gasteiger partial charge in [0.25, 0.3) is 5.88 Å². The molecule has 0 amide bonds. The number of aliphatic carboxylic acids is 2. The van der Waals surface area contributed by atoms with Gasteiger partial charge in [0.15, 0.2) is 0 Å². The Labute approximate surface area is 180 Å². The standard InChI is InChI=1S/C13H24N4O3S.C4H4O4/c1-13(2,3)14-8-10(18)9-20-12-11(15-21-16-12)17-4-6-19-7-5-17;5-3(6)1-2-4(7)8/h10,14,18H,4-9H2,1-3H3;1-2H,(H,5,6)(H,7,8)/b;2-1+/i8D2,9D2,10D;. The second-order valence-electron chi connectivity index (χ2n) is 6.55. The molecule has 0 bridgehead atoms. The number of ether oxygens (including phenoxy) is 2. The van der Waals surface area contributed by atoms with Crippen molar-refractivity contribution >= 4 is 29.5 Å². The number of β-amino-alcohol motifs (C(OH)–C–C–N with tert-alkyl or cyclic N) is 1. The summed E-state index contributed by atoms with van der Waals surface area (Å²) in [6.45, 7) is 0.983. The molecule has 2 rings (SSSR count). The van der Waals surface area contributed by atoms with Crippen molar-refractivity contribution in [1.82, 2.24) is 14.1 Å². The van der Waals surface area contributed by atoms with Crippen LogP contribution in [0.15, 0.2) is 12.2 Å². The monoisotopic (exact) mass is 437 g/mol. The minimum atomic E-state index is -3.26. The summed E-state index contributed by atoms with van der Waals surface area (Å²) in [7, 11) is 0. The summed E-state index contributed by atoms with van der Waals surface area (Å²) in [4.78, 5) is 20.9. The van der Waals surface area contributed by atoms with Crippen LogP contribution in [0.5, 0.6) is 5.88 Å². The first-order valence-corrected chi connectivity index (χ1v) is 9.12. The number of hydrogen-bond donors (Lipinski definition) is 4. The zero-order valence-electron chi connectivity index (χ0n) is 21.2. The van der Waals surface area contributed by atoms with E-state index in [1.165, 1.54) is 0 Å². The van der Waals surface area contributed by atoms with E-state index in [0.29, 0.717) is 38.5 Å². The number of carboxylic acid groups (broad SMARTS) is 2. The zero-order chi connectivity index (χ0) is 26.4. The number of hydrogen-bond acceptors (Lipinski definition) is 10. The second kappa shape index (κ2) is 12.3. The van der Waals surface area contributed by atoms with Gasteiger partial charge in [-0.2, -0.15) is 4.37 Å². The number of morpholine rings is 1. The predicted molar refractivity (Wildman–Crippen MR) is 107 cm³/mol. The van der Waals surface area contributed by atoms with Crippen molar-refractivity contribution in [2.75, 3.05) is 44.3 Å². The highest BCUT2D eigenvalue weighted by Gasteiger charge is 2.21. The van der Waals surface area contributed by atoms with E-state index in [1.807, 2.05) is 0 Å². The van der Waals surface area contributed by atoms with Gasteiger partial charge in [-0.15, -0.1) is 4.37 Å². The fraction of sp³-hybridized carbons (Fsp3) is 0.647. The summed E-state index contributed by atoms with van der Waals surface area (Å²) in [6, 6.07) is 0. The predicted octanol–water partition coefficient (Wildman–Crippen LogP) is 0.214. The highest BCUT2D eigenvalue weighted by atomic mass is 32.1. The lowest BCUT2D eigenvalue weighted by Crippen LogP contribution is -2.42. The lowest BCUT2D eigenvalue weighted by atomic mass is 10.1. The molecule has 1 unspecified atom stereocenters. The van der Waals surface area contributed by atoms with Crippen LogP contribution in [0.2, 0.25) is 0 Å². The van der Waals surface area contributed by atoms with Gasteiger partial charge in [0.05, 0.1) is 29.1 Å². The van der Waals surface area contributed by atoms with Gasteiger partial charge in [0.1, 0.15) is 12.6 Å². The molecular weight excluding hydrogens is 404 g/mol. The molecule has 4 N–H and O–H groups in total. The van der Waals surface area contributed by atoms with Gasteiger partial charge >= 0.3 is 11.9 Å². The van der Waals surface area contributed by atoms with Crippen LogP contribution in [0.25, 0.3) is 0 Å². The average molecular weight is 438 g/mol. The van der Waals surface area contributed by atoms with Gasteiger partial charge in [-0.25, -0.2) is 9.59 Å². The summed E-state index contributed by atoms with van der Waals surface area (Å²) in [5, 5.41) is 28.4. The Morgan fingerprint density at radius 3 is 2.45 bits per heavy atom. The van der Waals surface area contributed by atoms with Crippen LogP contribution in [0, 0.1) is 0 Å². The first-order chi connectivity index (χ1) is 15.4. The maximum absolute atomic E-state index is 10.4. The van der Waals surface area contributed by atoms with E-state index >= 15 is 0 Å². The molecule has 1 fully saturated rings. The summed E-state index contributed by atoms with van der Waals surface area (Å²) in [6.07, 6.45) is -2.15. The molecule has 11 nitrogen and oxygen atoms in total. The van der Waals surface area contributed by atoms with E-state index in [2.05, 4.69) is 14.1 Å². The van der Waals surface area contributed by atoms with Crippen LogP contribution in [0.3, 0.4) is 0 Å². The van der Waals surface area contributed by atoms with Crippen molar-refractivity contribution in [3.05, 3.63) is 12.2 Å². The van der Waals surface area contributed by atoms with Gasteiger partial charge in [-0.1, -0.05) is 0 Å². The van der Waals surface area contributed by atoms with Crippen LogP contribution in [-0.2, 0) is 14.3 Å². The van der Waals surface area contributed by atoms with Gasteiger partial charge in [0, 0.05) is 40.0 Å². The normalized spacial score (nSPS) is 20.1. The molecule has 1 aliphatic rings. The number of carboxylic acids is 2. The number of carbonyl (C=O) groups is 2. The van der Waals surface area contributed by atoms with E-state index in [-0.39, 0.29) is 11.7 Å². The topological polar surface area (TPSA) is 154 Å². The van der Waals surface area contributed by atoms with Crippen LogP contribution >= 0.6 is 11.7 Å². The Bertz CT molecular complexity index is 855. The third-order valence-corrected chi connectivity index (χ3v) is 3.42. The molecule has 0 radical (unpaired) electrons. The van der Waals surface area contributed by atoms with Gasteiger partial charge in [0.2, 0.25) is 5.82 Å². The Hall–Kier alpha value is -2.28. The smallest absolute Gasteiger partial charge is 0.328 e. The molecule has 2 heterocycles. The van der Waals surface area contributed by atoms with Crippen molar-refractivity contribution < 1.29 is 41.2 Å². The van der Waals surface area contributed by atoms with E-state index < -0.39 is 36.6 Å². The first-order valence-electron chi connectivity index (χ1n) is 10.9. The number of aliphatic hydroxyl groups is 1. The minimum Gasteiger partial charge on any atom is -0.478 e. The third-order valence-electron chi connectivity index (χ3n) is 2.92. The zero-order valence-corrected chi connectivity index (χ0v) is 17.0. The minimum absolute atomic E-state index is 0.195. The molecule has 1 saturated heterocycles. The van der Waals surface area contributed by atoms with E-state index in [0.717, 1.165) is 11.7 Å². The van der Waals surface area contributed by atoms with E-state index in [4.69, 9.17) is 26.5 Å². The van der Waals surface area contributed by atoms with Gasteiger partial charge < -0.3 is 35.0 Å². The molecule has 0 saturated carbocycles. The third kappa shape index (κ3) is 11.3. The number of anilines is 1.